The minimum atomic E-state index is -1.06. The fourth-order valence-electron chi connectivity index (χ4n) is 4.30. The van der Waals surface area contributed by atoms with E-state index in [1.807, 2.05) is 12.1 Å². The third-order valence-electron chi connectivity index (χ3n) is 5.44. The van der Waals surface area contributed by atoms with Gasteiger partial charge >= 0.3 is 0 Å². The highest BCUT2D eigenvalue weighted by molar-refractivity contribution is 9.10. The third-order valence-corrected chi connectivity index (χ3v) is 6.13. The van der Waals surface area contributed by atoms with Gasteiger partial charge in [-0.15, -0.1) is 0 Å². The summed E-state index contributed by atoms with van der Waals surface area (Å²) in [5.74, 6) is -0.319. The molecule has 0 spiro atoms. The molecule has 1 saturated heterocycles. The number of carbonyl (C=O) groups is 2. The molecule has 1 unspecified atom stereocenters. The molecule has 0 aliphatic carbocycles. The number of aromatic nitrogens is 2. The molecule has 1 aromatic carbocycles. The lowest BCUT2D eigenvalue weighted by Crippen LogP contribution is -2.51. The molecule has 2 amide bonds. The van der Waals surface area contributed by atoms with E-state index in [-0.39, 0.29) is 11.8 Å². The second kappa shape index (κ2) is 6.64. The van der Waals surface area contributed by atoms with E-state index < -0.39 is 5.66 Å². The van der Waals surface area contributed by atoms with Gasteiger partial charge in [0.15, 0.2) is 5.66 Å². The molecule has 0 radical (unpaired) electrons. The predicted octanol–water partition coefficient (Wildman–Crippen LogP) is 3.71. The summed E-state index contributed by atoms with van der Waals surface area (Å²) in [5.41, 5.74) is 1.42. The van der Waals surface area contributed by atoms with Crippen molar-refractivity contribution in [2.24, 2.45) is 0 Å². The Morgan fingerprint density at radius 3 is 2.62 bits per heavy atom. The van der Waals surface area contributed by atoms with Gasteiger partial charge in [0.05, 0.1) is 11.1 Å². The van der Waals surface area contributed by atoms with E-state index in [4.69, 9.17) is 11.6 Å². The summed E-state index contributed by atoms with van der Waals surface area (Å²) in [6.07, 6.45) is 6.43. The van der Waals surface area contributed by atoms with Crippen LogP contribution in [0.5, 0.6) is 0 Å². The highest BCUT2D eigenvalue weighted by Crippen LogP contribution is 2.49. The second-order valence-corrected chi connectivity index (χ2v) is 8.26. The number of pyridine rings is 2. The van der Waals surface area contributed by atoms with Gasteiger partial charge in [-0.2, -0.15) is 0 Å². The van der Waals surface area contributed by atoms with Crippen molar-refractivity contribution >= 4 is 39.3 Å². The largest absolute Gasteiger partial charge is 0.306 e. The highest BCUT2D eigenvalue weighted by atomic mass is 79.9. The lowest BCUT2D eigenvalue weighted by molar-refractivity contribution is 0.0374. The first-order chi connectivity index (χ1) is 14.0. The van der Waals surface area contributed by atoms with Gasteiger partial charge in [0.25, 0.3) is 11.8 Å². The average molecular weight is 470 g/mol. The molecule has 29 heavy (non-hydrogen) atoms. The van der Waals surface area contributed by atoms with Gasteiger partial charge in [-0.25, -0.2) is 0 Å². The van der Waals surface area contributed by atoms with Crippen LogP contribution in [0.2, 0.25) is 5.02 Å². The first-order valence-electron chi connectivity index (χ1n) is 8.98. The number of nitrogens with zero attached hydrogens (tertiary/aromatic N) is 4. The normalized spacial score (nSPS) is 20.0. The summed E-state index contributed by atoms with van der Waals surface area (Å²) in [6.45, 7) is 0.817. The fourth-order valence-corrected chi connectivity index (χ4v) is 4.79. The van der Waals surface area contributed by atoms with Crippen LogP contribution in [-0.4, -0.2) is 44.7 Å². The van der Waals surface area contributed by atoms with Crippen molar-refractivity contribution in [3.05, 3.63) is 92.9 Å². The number of carbonyl (C=O) groups excluding carboxylic acids is 2. The zero-order valence-corrected chi connectivity index (χ0v) is 17.4. The van der Waals surface area contributed by atoms with E-state index in [2.05, 4.69) is 25.9 Å². The van der Waals surface area contributed by atoms with Crippen LogP contribution in [0.4, 0.5) is 0 Å². The first-order valence-corrected chi connectivity index (χ1v) is 10.2. The van der Waals surface area contributed by atoms with Crippen LogP contribution < -0.4 is 0 Å². The molecule has 2 aromatic heterocycles. The molecule has 0 N–H and O–H groups in total. The van der Waals surface area contributed by atoms with Crippen LogP contribution in [0.15, 0.2) is 65.7 Å². The van der Waals surface area contributed by atoms with E-state index in [9.17, 15) is 9.59 Å². The number of fused-ring (bicyclic) bond motifs is 3. The zero-order valence-electron chi connectivity index (χ0n) is 15.0. The Labute approximate surface area is 180 Å². The van der Waals surface area contributed by atoms with E-state index in [1.54, 1.807) is 52.7 Å². The highest BCUT2D eigenvalue weighted by Gasteiger charge is 2.59. The molecule has 5 rings (SSSR count). The molecule has 6 nitrogen and oxygen atoms in total. The SMILES string of the molecule is O=C(c1cncc(Br)c1)N1CCN2C(=O)c3ccncc3C12c1ccc(Cl)cc1. The van der Waals surface area contributed by atoms with Gasteiger partial charge in [0, 0.05) is 58.5 Å². The maximum absolute atomic E-state index is 13.6. The average Bonchev–Trinajstić information content (AvgIpc) is 3.24. The quantitative estimate of drug-likeness (QED) is 0.574. The minimum absolute atomic E-state index is 0.111. The number of hydrogen-bond acceptors (Lipinski definition) is 4. The second-order valence-electron chi connectivity index (χ2n) is 6.91. The Kier molecular flexibility index (Phi) is 4.18. The fraction of sp³-hybridized carbons (Fsp3) is 0.143. The Bertz CT molecular complexity index is 1150. The van der Waals surface area contributed by atoms with Crippen LogP contribution in [0.25, 0.3) is 0 Å². The Morgan fingerprint density at radius 1 is 1.07 bits per heavy atom. The van der Waals surface area contributed by atoms with Gasteiger partial charge in [0.2, 0.25) is 0 Å². The molecule has 144 valence electrons. The van der Waals surface area contributed by atoms with E-state index in [0.29, 0.717) is 39.3 Å². The molecule has 2 aliphatic rings. The predicted molar refractivity (Wildman–Crippen MR) is 110 cm³/mol. The summed E-state index contributed by atoms with van der Waals surface area (Å²) >= 11 is 9.49. The van der Waals surface area contributed by atoms with Crippen molar-refractivity contribution in [1.29, 1.82) is 0 Å². The molecule has 0 saturated carbocycles. The smallest absolute Gasteiger partial charge is 0.257 e. The lowest BCUT2D eigenvalue weighted by atomic mass is 9.90. The Balaban J connectivity index is 1.75. The van der Waals surface area contributed by atoms with Crippen molar-refractivity contribution in [2.75, 3.05) is 13.1 Å². The van der Waals surface area contributed by atoms with Crippen molar-refractivity contribution in [2.45, 2.75) is 5.66 Å². The zero-order chi connectivity index (χ0) is 20.2. The summed E-state index contributed by atoms with van der Waals surface area (Å²) < 4.78 is 0.713. The van der Waals surface area contributed by atoms with Gasteiger partial charge in [-0.05, 0) is 40.2 Å². The number of rotatable bonds is 2. The topological polar surface area (TPSA) is 66.4 Å². The molecule has 3 aromatic rings. The first kappa shape index (κ1) is 18.3. The standard InChI is InChI=1S/C21H14BrClN4O2/c22-15-9-13(10-25-11-15)19(28)26-7-8-27-20(29)17-5-6-24-12-18(17)21(26,27)14-1-3-16(23)4-2-14/h1-6,9-12H,7-8H2. The van der Waals surface area contributed by atoms with Gasteiger partial charge in [-0.3, -0.25) is 19.6 Å². The number of benzene rings is 1. The molecular weight excluding hydrogens is 456 g/mol. The maximum atomic E-state index is 13.6. The van der Waals surface area contributed by atoms with Gasteiger partial charge in [-0.1, -0.05) is 23.7 Å². The van der Waals surface area contributed by atoms with Crippen molar-refractivity contribution in [1.82, 2.24) is 19.8 Å². The Hall–Kier alpha value is -2.77. The summed E-state index contributed by atoms with van der Waals surface area (Å²) in [5, 5.41) is 0.583. The monoisotopic (exact) mass is 468 g/mol. The number of hydrogen-bond donors (Lipinski definition) is 0. The maximum Gasteiger partial charge on any atom is 0.257 e. The molecule has 8 heteroatoms. The summed E-state index contributed by atoms with van der Waals surface area (Å²) in [4.78, 5) is 38.6. The van der Waals surface area contributed by atoms with E-state index >= 15 is 0 Å². The molecular formula is C21H14BrClN4O2. The van der Waals surface area contributed by atoms with Crippen LogP contribution in [0, 0.1) is 0 Å². The van der Waals surface area contributed by atoms with Crippen LogP contribution in [0.3, 0.4) is 0 Å². The Morgan fingerprint density at radius 2 is 1.86 bits per heavy atom. The van der Waals surface area contributed by atoms with Gasteiger partial charge in [0.1, 0.15) is 0 Å². The molecule has 0 bridgehead atoms. The summed E-state index contributed by atoms with van der Waals surface area (Å²) in [7, 11) is 0. The van der Waals surface area contributed by atoms with Crippen LogP contribution in [0.1, 0.15) is 31.8 Å². The number of halogens is 2. The molecule has 4 heterocycles. The van der Waals surface area contributed by atoms with Crippen LogP contribution in [-0.2, 0) is 5.66 Å². The molecule has 1 atom stereocenters. The van der Waals surface area contributed by atoms with Crippen LogP contribution >= 0.6 is 27.5 Å². The summed E-state index contributed by atoms with van der Waals surface area (Å²) in [6, 6.07) is 10.7. The van der Waals surface area contributed by atoms with Crippen molar-refractivity contribution in [3.63, 3.8) is 0 Å². The van der Waals surface area contributed by atoms with Gasteiger partial charge < -0.3 is 9.80 Å². The van der Waals surface area contributed by atoms with E-state index in [1.165, 1.54) is 6.20 Å². The van der Waals surface area contributed by atoms with Crippen molar-refractivity contribution < 1.29 is 9.59 Å². The molecule has 2 aliphatic heterocycles. The third kappa shape index (κ3) is 2.54. The molecule has 1 fully saturated rings. The number of amides is 2. The van der Waals surface area contributed by atoms with E-state index in [0.717, 1.165) is 5.56 Å². The minimum Gasteiger partial charge on any atom is -0.306 e. The van der Waals surface area contributed by atoms with Crippen molar-refractivity contribution in [3.8, 4) is 0 Å². The lowest BCUT2D eigenvalue weighted by Gasteiger charge is -2.40.